The molecule has 40 valence electrons. The largest absolute Gasteiger partial charge is 0.233 e. The summed E-state index contributed by atoms with van der Waals surface area (Å²) in [5, 5.41) is 10.2. The van der Waals surface area contributed by atoms with Gasteiger partial charge in [-0.05, 0) is 20.3 Å². The van der Waals surface area contributed by atoms with Crippen LogP contribution in [0.4, 0.5) is 0 Å². The molecular formula is C6H10O. The van der Waals surface area contributed by atoms with Crippen molar-refractivity contribution in [3.63, 3.8) is 0 Å². The van der Waals surface area contributed by atoms with Crippen LogP contribution in [0.2, 0.25) is 0 Å². The Kier molecular flexibility index (Phi) is 2.68. The lowest BCUT2D eigenvalue weighted by molar-refractivity contribution is 0.128. The van der Waals surface area contributed by atoms with Crippen LogP contribution in [0.25, 0.3) is 0 Å². The Bertz CT molecular complexity index is 64.6. The third-order valence-electron chi connectivity index (χ3n) is 0.576. The van der Waals surface area contributed by atoms with E-state index in [0.717, 1.165) is 5.57 Å². The van der Waals surface area contributed by atoms with E-state index in [-0.39, 0.29) is 0 Å². The van der Waals surface area contributed by atoms with E-state index in [9.17, 15) is 5.11 Å². The van der Waals surface area contributed by atoms with E-state index in [2.05, 4.69) is 13.5 Å². The van der Waals surface area contributed by atoms with Crippen molar-refractivity contribution in [2.24, 2.45) is 0 Å². The minimum absolute atomic E-state index is 0.500. The summed E-state index contributed by atoms with van der Waals surface area (Å²) in [4.78, 5) is 0. The fourth-order valence-corrected chi connectivity index (χ4v) is 0.389. The summed E-state index contributed by atoms with van der Waals surface area (Å²) < 4.78 is 0. The first-order valence-corrected chi connectivity index (χ1v) is 2.26. The lowest BCUT2D eigenvalue weighted by Gasteiger charge is -1.96. The van der Waals surface area contributed by atoms with Gasteiger partial charge in [-0.25, -0.2) is 5.11 Å². The minimum Gasteiger partial charge on any atom is -0.233 e. The van der Waals surface area contributed by atoms with Crippen LogP contribution in [0.1, 0.15) is 13.3 Å². The highest BCUT2D eigenvalue weighted by molar-refractivity contribution is 4.90. The molecule has 0 fully saturated rings. The Hall–Kier alpha value is -0.300. The molecule has 0 rings (SSSR count). The first-order valence-electron chi connectivity index (χ1n) is 2.26. The molecule has 0 aliphatic rings. The minimum atomic E-state index is -0.725. The number of hydrogen-bond donors (Lipinski definition) is 0. The lowest BCUT2D eigenvalue weighted by atomic mass is 10.2. The molecule has 0 aromatic heterocycles. The summed E-state index contributed by atoms with van der Waals surface area (Å²) in [7, 11) is 0. The van der Waals surface area contributed by atoms with Crippen LogP contribution < -0.4 is 0 Å². The van der Waals surface area contributed by atoms with Crippen LogP contribution in [0.5, 0.6) is 0 Å². The summed E-state index contributed by atoms with van der Waals surface area (Å²) in [6, 6.07) is 0. The van der Waals surface area contributed by atoms with Gasteiger partial charge >= 0.3 is 0 Å². The highest BCUT2D eigenvalue weighted by atomic mass is 16.3. The summed E-state index contributed by atoms with van der Waals surface area (Å²) in [6.07, 6.45) is -0.225. The van der Waals surface area contributed by atoms with Gasteiger partial charge in [-0.2, -0.15) is 0 Å². The highest BCUT2D eigenvalue weighted by Crippen LogP contribution is 1.98. The van der Waals surface area contributed by atoms with Gasteiger partial charge in [-0.1, -0.05) is 5.57 Å². The van der Waals surface area contributed by atoms with Crippen LogP contribution in [0.15, 0.2) is 12.2 Å². The molecule has 0 amide bonds. The molecule has 1 nitrogen and oxygen atoms in total. The third-order valence-corrected chi connectivity index (χ3v) is 0.576. The molecule has 0 spiro atoms. The van der Waals surface area contributed by atoms with E-state index in [1.165, 1.54) is 0 Å². The zero-order valence-corrected chi connectivity index (χ0v) is 4.61. The molecule has 1 atom stereocenters. The Morgan fingerprint density at radius 2 is 2.29 bits per heavy atom. The van der Waals surface area contributed by atoms with Gasteiger partial charge in [0.05, 0.1) is 6.10 Å². The standard InChI is InChI=1S/C6H10O/c1-5(2)4-6(3)7/h6H,1,3-4H2,2H3. The molecule has 1 heteroatoms. The molecule has 0 bridgehead atoms. The Labute approximate surface area is 44.7 Å². The molecule has 0 aromatic carbocycles. The summed E-state index contributed by atoms with van der Waals surface area (Å²) in [5.41, 5.74) is 0.912. The predicted molar refractivity (Wildman–Crippen MR) is 29.3 cm³/mol. The average Bonchev–Trinajstić information content (AvgIpc) is 1.27. The molecule has 2 radical (unpaired) electrons. The van der Waals surface area contributed by atoms with Gasteiger partial charge in [0.15, 0.2) is 0 Å². The van der Waals surface area contributed by atoms with Gasteiger partial charge in [0.2, 0.25) is 0 Å². The fourth-order valence-electron chi connectivity index (χ4n) is 0.389. The summed E-state index contributed by atoms with van der Waals surface area (Å²) >= 11 is 0. The van der Waals surface area contributed by atoms with Crippen molar-refractivity contribution in [3.8, 4) is 0 Å². The maximum atomic E-state index is 10.2. The zero-order valence-electron chi connectivity index (χ0n) is 4.61. The molecule has 1 unspecified atom stereocenters. The Morgan fingerprint density at radius 3 is 2.29 bits per heavy atom. The van der Waals surface area contributed by atoms with Crippen molar-refractivity contribution >= 4 is 0 Å². The first kappa shape index (κ1) is 6.70. The SMILES string of the molecule is [CH2]C([O])CC(=C)C. The molecule has 0 heterocycles. The molecular weight excluding hydrogens is 88.1 g/mol. The van der Waals surface area contributed by atoms with Crippen LogP contribution in [0.3, 0.4) is 0 Å². The molecule has 0 N–H and O–H groups in total. The topological polar surface area (TPSA) is 19.9 Å². The smallest absolute Gasteiger partial charge is 0.0967 e. The maximum Gasteiger partial charge on any atom is 0.0967 e. The normalized spacial score (nSPS) is 13.6. The summed E-state index contributed by atoms with van der Waals surface area (Å²) in [6.45, 7) is 8.65. The van der Waals surface area contributed by atoms with Gasteiger partial charge in [-0.15, -0.1) is 6.58 Å². The quantitative estimate of drug-likeness (QED) is 0.467. The Balaban J connectivity index is 3.13. The second-order valence-electron chi connectivity index (χ2n) is 1.78. The number of rotatable bonds is 2. The van der Waals surface area contributed by atoms with Crippen LogP contribution >= 0.6 is 0 Å². The second-order valence-corrected chi connectivity index (χ2v) is 1.78. The van der Waals surface area contributed by atoms with Crippen molar-refractivity contribution < 1.29 is 5.11 Å². The monoisotopic (exact) mass is 98.1 g/mol. The first-order chi connectivity index (χ1) is 3.13. The molecule has 0 aliphatic carbocycles. The van der Waals surface area contributed by atoms with E-state index >= 15 is 0 Å². The maximum absolute atomic E-state index is 10.2. The van der Waals surface area contributed by atoms with Crippen molar-refractivity contribution in [2.75, 3.05) is 0 Å². The predicted octanol–water partition coefficient (Wildman–Crippen LogP) is 1.59. The van der Waals surface area contributed by atoms with Crippen molar-refractivity contribution in [2.45, 2.75) is 19.4 Å². The van der Waals surface area contributed by atoms with E-state index in [1.54, 1.807) is 0 Å². The zero-order chi connectivity index (χ0) is 5.86. The number of hydrogen-bond acceptors (Lipinski definition) is 0. The second kappa shape index (κ2) is 2.80. The van der Waals surface area contributed by atoms with Crippen molar-refractivity contribution in [3.05, 3.63) is 19.1 Å². The van der Waals surface area contributed by atoms with Crippen LogP contribution in [-0.4, -0.2) is 6.10 Å². The highest BCUT2D eigenvalue weighted by Gasteiger charge is 1.94. The van der Waals surface area contributed by atoms with Gasteiger partial charge in [-0.3, -0.25) is 0 Å². The van der Waals surface area contributed by atoms with Gasteiger partial charge in [0.1, 0.15) is 0 Å². The third kappa shape index (κ3) is 5.70. The molecule has 0 saturated carbocycles. The fraction of sp³-hybridized carbons (Fsp3) is 0.500. The lowest BCUT2D eigenvalue weighted by Crippen LogP contribution is -1.96. The van der Waals surface area contributed by atoms with Crippen molar-refractivity contribution in [1.29, 1.82) is 0 Å². The summed E-state index contributed by atoms with van der Waals surface area (Å²) in [5.74, 6) is 0. The molecule has 0 aromatic rings. The Morgan fingerprint density at radius 1 is 1.86 bits per heavy atom. The molecule has 0 saturated heterocycles. The van der Waals surface area contributed by atoms with E-state index in [1.807, 2.05) is 6.92 Å². The van der Waals surface area contributed by atoms with Crippen LogP contribution in [0, 0.1) is 6.92 Å². The van der Waals surface area contributed by atoms with Crippen molar-refractivity contribution in [1.82, 2.24) is 0 Å². The molecule has 0 aliphatic heterocycles. The van der Waals surface area contributed by atoms with Gasteiger partial charge in [0.25, 0.3) is 0 Å². The van der Waals surface area contributed by atoms with Crippen LogP contribution in [-0.2, 0) is 5.11 Å². The van der Waals surface area contributed by atoms with E-state index in [4.69, 9.17) is 0 Å². The van der Waals surface area contributed by atoms with E-state index in [0.29, 0.717) is 6.42 Å². The molecule has 7 heavy (non-hydrogen) atoms. The van der Waals surface area contributed by atoms with Gasteiger partial charge in [0, 0.05) is 0 Å². The van der Waals surface area contributed by atoms with Gasteiger partial charge < -0.3 is 0 Å². The average molecular weight is 98.1 g/mol. The van der Waals surface area contributed by atoms with E-state index < -0.39 is 6.10 Å².